The van der Waals surface area contributed by atoms with E-state index in [9.17, 15) is 9.59 Å². The van der Waals surface area contributed by atoms with Gasteiger partial charge in [0, 0.05) is 18.4 Å². The summed E-state index contributed by atoms with van der Waals surface area (Å²) in [4.78, 5) is 22.3. The smallest absolute Gasteiger partial charge is 0.220 e. The summed E-state index contributed by atoms with van der Waals surface area (Å²) in [6.07, 6.45) is 11.7. The van der Waals surface area contributed by atoms with Gasteiger partial charge >= 0.3 is 0 Å². The first kappa shape index (κ1) is 13.1. The molecule has 3 heteroatoms. The normalized spacial score (nSPS) is 39.3. The molecule has 0 atom stereocenters. The van der Waals surface area contributed by atoms with Crippen LogP contribution in [0.15, 0.2) is 0 Å². The number of amides is 1. The van der Waals surface area contributed by atoms with Gasteiger partial charge in [-0.2, -0.15) is 0 Å². The molecule has 4 aliphatic rings. The SMILES string of the molecule is O=CCCCCC(=O)NC12CC3CC(CC(C3)C1)C2. The van der Waals surface area contributed by atoms with Gasteiger partial charge in [0.2, 0.25) is 5.91 Å². The molecule has 0 aromatic carbocycles. The van der Waals surface area contributed by atoms with Gasteiger partial charge in [-0.25, -0.2) is 0 Å². The molecular formula is C16H25NO2. The predicted molar refractivity (Wildman–Crippen MR) is 73.6 cm³/mol. The molecule has 1 N–H and O–H groups in total. The van der Waals surface area contributed by atoms with E-state index < -0.39 is 0 Å². The van der Waals surface area contributed by atoms with Crippen LogP contribution in [-0.4, -0.2) is 17.7 Å². The van der Waals surface area contributed by atoms with E-state index in [1.165, 1.54) is 38.5 Å². The number of aldehydes is 1. The van der Waals surface area contributed by atoms with Crippen molar-refractivity contribution in [3.63, 3.8) is 0 Å². The summed E-state index contributed by atoms with van der Waals surface area (Å²) in [6.45, 7) is 0. The van der Waals surface area contributed by atoms with Gasteiger partial charge in [0.1, 0.15) is 6.29 Å². The van der Waals surface area contributed by atoms with Crippen LogP contribution in [0, 0.1) is 17.8 Å². The number of unbranched alkanes of at least 4 members (excludes halogenated alkanes) is 2. The van der Waals surface area contributed by atoms with Crippen molar-refractivity contribution in [2.24, 2.45) is 17.8 Å². The van der Waals surface area contributed by atoms with Crippen LogP contribution in [0.5, 0.6) is 0 Å². The Bertz CT molecular complexity index is 328. The highest BCUT2D eigenvalue weighted by molar-refractivity contribution is 5.76. The summed E-state index contributed by atoms with van der Waals surface area (Å²) >= 11 is 0. The fraction of sp³-hybridized carbons (Fsp3) is 0.875. The third-order valence-electron chi connectivity index (χ3n) is 5.42. The molecule has 0 spiro atoms. The van der Waals surface area contributed by atoms with Crippen LogP contribution in [-0.2, 0) is 9.59 Å². The van der Waals surface area contributed by atoms with Crippen molar-refractivity contribution in [1.29, 1.82) is 0 Å². The Morgan fingerprint density at radius 3 is 2.16 bits per heavy atom. The molecule has 0 heterocycles. The monoisotopic (exact) mass is 263 g/mol. The van der Waals surface area contributed by atoms with E-state index in [2.05, 4.69) is 5.32 Å². The zero-order chi connectivity index (χ0) is 13.3. The van der Waals surface area contributed by atoms with Crippen molar-refractivity contribution >= 4 is 12.2 Å². The fourth-order valence-electron chi connectivity index (χ4n) is 5.14. The number of carbonyl (C=O) groups is 2. The zero-order valence-corrected chi connectivity index (χ0v) is 11.7. The lowest BCUT2D eigenvalue weighted by Crippen LogP contribution is -2.59. The van der Waals surface area contributed by atoms with Gasteiger partial charge < -0.3 is 10.1 Å². The lowest BCUT2D eigenvalue weighted by molar-refractivity contribution is -0.127. The van der Waals surface area contributed by atoms with E-state index in [1.54, 1.807) is 0 Å². The number of hydrogen-bond donors (Lipinski definition) is 1. The molecule has 3 nitrogen and oxygen atoms in total. The van der Waals surface area contributed by atoms with Crippen LogP contribution >= 0.6 is 0 Å². The molecule has 4 bridgehead atoms. The van der Waals surface area contributed by atoms with E-state index in [4.69, 9.17) is 0 Å². The van der Waals surface area contributed by atoms with Crippen molar-refractivity contribution in [2.45, 2.75) is 69.7 Å². The molecule has 4 fully saturated rings. The van der Waals surface area contributed by atoms with Crippen molar-refractivity contribution in [1.82, 2.24) is 5.32 Å². The highest BCUT2D eigenvalue weighted by Crippen LogP contribution is 2.55. The van der Waals surface area contributed by atoms with Crippen molar-refractivity contribution in [3.8, 4) is 0 Å². The largest absolute Gasteiger partial charge is 0.351 e. The Kier molecular flexibility index (Phi) is 3.64. The second kappa shape index (κ2) is 5.26. The number of hydrogen-bond acceptors (Lipinski definition) is 2. The second-order valence-corrected chi connectivity index (χ2v) is 7.16. The lowest BCUT2D eigenvalue weighted by atomic mass is 9.53. The van der Waals surface area contributed by atoms with Gasteiger partial charge in [0.25, 0.3) is 0 Å². The second-order valence-electron chi connectivity index (χ2n) is 7.16. The molecule has 106 valence electrons. The first-order valence-corrected chi connectivity index (χ1v) is 7.94. The average Bonchev–Trinajstić information content (AvgIpc) is 2.32. The Morgan fingerprint density at radius 1 is 1.05 bits per heavy atom. The van der Waals surface area contributed by atoms with E-state index in [-0.39, 0.29) is 11.4 Å². The summed E-state index contributed by atoms with van der Waals surface area (Å²) in [5.41, 5.74) is 0.149. The summed E-state index contributed by atoms with van der Waals surface area (Å²) in [5, 5.41) is 3.37. The highest BCUT2D eigenvalue weighted by atomic mass is 16.1. The quantitative estimate of drug-likeness (QED) is 0.591. The standard InChI is InChI=1S/C16H25NO2/c18-5-3-1-2-4-15(19)17-16-9-12-6-13(10-16)8-14(7-12)11-16/h5,12-14H,1-4,6-11H2,(H,17,19). The minimum Gasteiger partial charge on any atom is -0.351 e. The summed E-state index contributed by atoms with van der Waals surface area (Å²) < 4.78 is 0. The molecule has 0 radical (unpaired) electrons. The fourth-order valence-corrected chi connectivity index (χ4v) is 5.14. The summed E-state index contributed by atoms with van der Waals surface area (Å²) in [5.74, 6) is 2.85. The van der Waals surface area contributed by atoms with E-state index in [0.29, 0.717) is 12.8 Å². The van der Waals surface area contributed by atoms with Crippen LogP contribution in [0.2, 0.25) is 0 Å². The molecule has 0 saturated heterocycles. The Morgan fingerprint density at radius 2 is 1.63 bits per heavy atom. The molecule has 4 rings (SSSR count). The maximum Gasteiger partial charge on any atom is 0.220 e. The van der Waals surface area contributed by atoms with E-state index in [0.717, 1.165) is 36.9 Å². The van der Waals surface area contributed by atoms with Crippen LogP contribution in [0.25, 0.3) is 0 Å². The van der Waals surface area contributed by atoms with Crippen LogP contribution in [0.3, 0.4) is 0 Å². The van der Waals surface area contributed by atoms with Gasteiger partial charge in [-0.3, -0.25) is 4.79 Å². The summed E-state index contributed by atoms with van der Waals surface area (Å²) in [6, 6.07) is 0. The molecule has 0 aliphatic heterocycles. The Balaban J connectivity index is 1.51. The third-order valence-corrected chi connectivity index (χ3v) is 5.42. The lowest BCUT2D eigenvalue weighted by Gasteiger charge is -2.56. The van der Waals surface area contributed by atoms with Crippen molar-refractivity contribution < 1.29 is 9.59 Å². The maximum absolute atomic E-state index is 12.1. The molecule has 0 aromatic rings. The van der Waals surface area contributed by atoms with Gasteiger partial charge in [0.15, 0.2) is 0 Å². The van der Waals surface area contributed by atoms with Crippen molar-refractivity contribution in [3.05, 3.63) is 0 Å². The molecule has 19 heavy (non-hydrogen) atoms. The number of carbonyl (C=O) groups excluding carboxylic acids is 2. The first-order chi connectivity index (χ1) is 9.19. The van der Waals surface area contributed by atoms with Gasteiger partial charge in [0.05, 0.1) is 0 Å². The Hall–Kier alpha value is -0.860. The Labute approximate surface area is 115 Å². The minimum absolute atomic E-state index is 0.149. The molecular weight excluding hydrogens is 238 g/mol. The summed E-state index contributed by atoms with van der Waals surface area (Å²) in [7, 11) is 0. The van der Waals surface area contributed by atoms with Crippen LogP contribution in [0.4, 0.5) is 0 Å². The minimum atomic E-state index is 0.149. The van der Waals surface area contributed by atoms with E-state index >= 15 is 0 Å². The molecule has 0 aromatic heterocycles. The number of nitrogens with one attached hydrogen (secondary N) is 1. The van der Waals surface area contributed by atoms with Crippen LogP contribution < -0.4 is 5.32 Å². The first-order valence-electron chi connectivity index (χ1n) is 7.94. The molecule has 4 aliphatic carbocycles. The average molecular weight is 263 g/mol. The van der Waals surface area contributed by atoms with Crippen molar-refractivity contribution in [2.75, 3.05) is 0 Å². The predicted octanol–water partition coefficient (Wildman–Crippen LogP) is 2.83. The van der Waals surface area contributed by atoms with Gasteiger partial charge in [-0.1, -0.05) is 0 Å². The topological polar surface area (TPSA) is 46.2 Å². The van der Waals surface area contributed by atoms with Gasteiger partial charge in [-0.05, 0) is 69.1 Å². The molecule has 4 saturated carbocycles. The zero-order valence-electron chi connectivity index (χ0n) is 11.7. The van der Waals surface area contributed by atoms with E-state index in [1.807, 2.05) is 0 Å². The molecule has 0 unspecified atom stereocenters. The van der Waals surface area contributed by atoms with Crippen LogP contribution in [0.1, 0.15) is 64.2 Å². The third kappa shape index (κ3) is 2.85. The molecule has 1 amide bonds. The highest BCUT2D eigenvalue weighted by Gasteiger charge is 2.51. The number of rotatable bonds is 6. The maximum atomic E-state index is 12.1. The van der Waals surface area contributed by atoms with Gasteiger partial charge in [-0.15, -0.1) is 0 Å².